The number of nitrogens with one attached hydrogen (secondary N) is 2. The number of amides is 1. The van der Waals surface area contributed by atoms with Crippen LogP contribution in [0.2, 0.25) is 5.02 Å². The van der Waals surface area contributed by atoms with Gasteiger partial charge in [0, 0.05) is 11.6 Å². The molecule has 0 aliphatic carbocycles. The maximum absolute atomic E-state index is 12.6. The monoisotopic (exact) mass is 473 g/mol. The first kappa shape index (κ1) is 24.3. The Bertz CT molecular complexity index is 1080. The fraction of sp³-hybridized carbons (Fsp3) is 0.316. The zero-order valence-corrected chi connectivity index (χ0v) is 18.9. The molecule has 2 aromatic carbocycles. The molecule has 0 saturated heterocycles. The van der Waals surface area contributed by atoms with Crippen molar-refractivity contribution in [2.45, 2.75) is 36.1 Å². The summed E-state index contributed by atoms with van der Waals surface area (Å²) in [4.78, 5) is 12.6. The van der Waals surface area contributed by atoms with E-state index in [1.807, 2.05) is 0 Å². The van der Waals surface area contributed by atoms with Gasteiger partial charge in [-0.2, -0.15) is 4.72 Å². The Morgan fingerprint density at radius 1 is 0.967 bits per heavy atom. The van der Waals surface area contributed by atoms with Crippen LogP contribution in [0.3, 0.4) is 0 Å². The van der Waals surface area contributed by atoms with E-state index < -0.39 is 32.0 Å². The van der Waals surface area contributed by atoms with E-state index in [2.05, 4.69) is 10.0 Å². The topological polar surface area (TPSA) is 135 Å². The Morgan fingerprint density at radius 2 is 1.50 bits per heavy atom. The quantitative estimate of drug-likeness (QED) is 0.508. The van der Waals surface area contributed by atoms with Gasteiger partial charge in [-0.1, -0.05) is 37.6 Å². The van der Waals surface area contributed by atoms with Gasteiger partial charge in [-0.15, -0.1) is 0 Å². The zero-order chi connectivity index (χ0) is 22.5. The highest BCUT2D eigenvalue weighted by Gasteiger charge is 2.28. The van der Waals surface area contributed by atoms with Crippen molar-refractivity contribution in [3.8, 4) is 0 Å². The van der Waals surface area contributed by atoms with E-state index in [1.54, 1.807) is 26.0 Å². The maximum atomic E-state index is 12.6. The van der Waals surface area contributed by atoms with Crippen LogP contribution in [0.1, 0.15) is 19.4 Å². The van der Waals surface area contributed by atoms with E-state index in [-0.39, 0.29) is 22.3 Å². The van der Waals surface area contributed by atoms with Crippen LogP contribution in [-0.4, -0.2) is 35.3 Å². The van der Waals surface area contributed by atoms with Gasteiger partial charge in [-0.05, 0) is 54.3 Å². The molecule has 0 fully saturated rings. The molecule has 0 heterocycles. The lowest BCUT2D eigenvalue weighted by molar-refractivity contribution is -0.123. The lowest BCUT2D eigenvalue weighted by Gasteiger charge is -2.21. The minimum atomic E-state index is -3.90. The average Bonchev–Trinajstić information content (AvgIpc) is 2.66. The molecule has 1 amide bonds. The normalized spacial score (nSPS) is 13.2. The van der Waals surface area contributed by atoms with Crippen molar-refractivity contribution in [1.29, 1.82) is 0 Å². The third-order valence-corrected chi connectivity index (χ3v) is 6.96. The Labute approximate surface area is 181 Å². The number of hydrogen-bond acceptors (Lipinski definition) is 5. The molecule has 0 aliphatic heterocycles. The van der Waals surface area contributed by atoms with Crippen molar-refractivity contribution < 1.29 is 21.6 Å². The summed E-state index contributed by atoms with van der Waals surface area (Å²) in [7, 11) is -7.66. The molecular formula is C19H24ClN3O5S2. The Balaban J connectivity index is 1.99. The van der Waals surface area contributed by atoms with Crippen LogP contribution in [0.15, 0.2) is 58.3 Å². The van der Waals surface area contributed by atoms with Gasteiger partial charge in [0.05, 0.1) is 9.79 Å². The summed E-state index contributed by atoms with van der Waals surface area (Å²) in [6, 6.07) is 10.7. The molecule has 4 N–H and O–H groups in total. The third kappa shape index (κ3) is 6.78. The van der Waals surface area contributed by atoms with Crippen molar-refractivity contribution in [1.82, 2.24) is 10.0 Å². The first-order valence-electron chi connectivity index (χ1n) is 9.07. The van der Waals surface area contributed by atoms with Gasteiger partial charge >= 0.3 is 0 Å². The van der Waals surface area contributed by atoms with Crippen LogP contribution in [-0.2, 0) is 31.3 Å². The number of rotatable bonds is 9. The summed E-state index contributed by atoms with van der Waals surface area (Å²) in [5.41, 5.74) is 0.797. The molecule has 0 bridgehead atoms. The van der Waals surface area contributed by atoms with Crippen molar-refractivity contribution >= 4 is 37.6 Å². The molecule has 1 atom stereocenters. The zero-order valence-electron chi connectivity index (χ0n) is 16.5. The van der Waals surface area contributed by atoms with E-state index in [0.717, 1.165) is 5.56 Å². The molecule has 0 spiro atoms. The average molecular weight is 474 g/mol. The van der Waals surface area contributed by atoms with Crippen LogP contribution in [0.4, 0.5) is 0 Å². The molecule has 2 aromatic rings. The highest BCUT2D eigenvalue weighted by atomic mass is 35.5. The molecule has 164 valence electrons. The van der Waals surface area contributed by atoms with E-state index >= 15 is 0 Å². The molecule has 8 nitrogen and oxygen atoms in total. The van der Waals surface area contributed by atoms with Gasteiger partial charge in [0.1, 0.15) is 6.04 Å². The first-order chi connectivity index (χ1) is 13.9. The Morgan fingerprint density at radius 3 is 2.00 bits per heavy atom. The van der Waals surface area contributed by atoms with Crippen LogP contribution < -0.4 is 15.2 Å². The van der Waals surface area contributed by atoms with Gasteiger partial charge in [0.2, 0.25) is 26.0 Å². The number of primary sulfonamides is 1. The maximum Gasteiger partial charge on any atom is 0.241 e. The second-order valence-corrected chi connectivity index (χ2v) is 10.7. The molecular weight excluding hydrogens is 450 g/mol. The van der Waals surface area contributed by atoms with Gasteiger partial charge in [0.25, 0.3) is 0 Å². The molecule has 0 aliphatic rings. The van der Waals surface area contributed by atoms with Crippen molar-refractivity contribution in [3.05, 3.63) is 59.1 Å². The molecule has 11 heteroatoms. The van der Waals surface area contributed by atoms with E-state index in [4.69, 9.17) is 16.7 Å². The standard InChI is InChI=1S/C19H24ClN3O5S2/c1-13(2)18(23-30(27,28)17-9-5-15(20)6-10-17)19(24)22-12-11-14-3-7-16(8-4-14)29(21,25)26/h3-10,13,18,23H,11-12H2,1-2H3,(H,22,24)(H2,21,25,26)/t18-/m0/s1. The number of nitrogens with two attached hydrogens (primary N) is 1. The van der Waals surface area contributed by atoms with Crippen LogP contribution in [0, 0.1) is 5.92 Å². The van der Waals surface area contributed by atoms with E-state index in [0.29, 0.717) is 11.4 Å². The predicted octanol–water partition coefficient (Wildman–Crippen LogP) is 1.65. The minimum absolute atomic E-state index is 0.00626. The fourth-order valence-electron chi connectivity index (χ4n) is 2.63. The van der Waals surface area contributed by atoms with Gasteiger partial charge < -0.3 is 5.32 Å². The van der Waals surface area contributed by atoms with Gasteiger partial charge in [0.15, 0.2) is 0 Å². The summed E-state index contributed by atoms with van der Waals surface area (Å²) >= 11 is 5.79. The fourth-order valence-corrected chi connectivity index (χ4v) is 4.61. The smallest absolute Gasteiger partial charge is 0.241 e. The number of benzene rings is 2. The lowest BCUT2D eigenvalue weighted by atomic mass is 10.0. The van der Waals surface area contributed by atoms with Crippen molar-refractivity contribution in [3.63, 3.8) is 0 Å². The highest BCUT2D eigenvalue weighted by Crippen LogP contribution is 2.16. The number of hydrogen-bond donors (Lipinski definition) is 3. The molecule has 0 saturated carbocycles. The van der Waals surface area contributed by atoms with Crippen LogP contribution >= 0.6 is 11.6 Å². The van der Waals surface area contributed by atoms with E-state index in [9.17, 15) is 21.6 Å². The summed E-state index contributed by atoms with van der Waals surface area (Å²) in [5.74, 6) is -0.746. The van der Waals surface area contributed by atoms with Crippen LogP contribution in [0.25, 0.3) is 0 Å². The Hall–Kier alpha value is -1.98. The molecule has 0 radical (unpaired) electrons. The molecule has 0 unspecified atom stereocenters. The highest BCUT2D eigenvalue weighted by molar-refractivity contribution is 7.89. The number of halogens is 1. The minimum Gasteiger partial charge on any atom is -0.354 e. The van der Waals surface area contributed by atoms with Gasteiger partial charge in [-0.25, -0.2) is 22.0 Å². The SMILES string of the molecule is CC(C)[C@H](NS(=O)(=O)c1ccc(Cl)cc1)C(=O)NCCc1ccc(S(N)(=O)=O)cc1. The van der Waals surface area contributed by atoms with Crippen molar-refractivity contribution in [2.75, 3.05) is 6.54 Å². The largest absolute Gasteiger partial charge is 0.354 e. The number of carbonyl (C=O) groups excluding carboxylic acids is 1. The number of carbonyl (C=O) groups is 1. The summed E-state index contributed by atoms with van der Waals surface area (Å²) in [6.07, 6.45) is 0.436. The molecule has 2 rings (SSSR count). The lowest BCUT2D eigenvalue weighted by Crippen LogP contribution is -2.49. The third-order valence-electron chi connectivity index (χ3n) is 4.32. The second-order valence-electron chi connectivity index (χ2n) is 7.03. The van der Waals surface area contributed by atoms with Gasteiger partial charge in [-0.3, -0.25) is 4.79 Å². The predicted molar refractivity (Wildman–Crippen MR) is 115 cm³/mol. The number of sulfonamides is 2. The first-order valence-corrected chi connectivity index (χ1v) is 12.5. The van der Waals surface area contributed by atoms with Crippen molar-refractivity contribution in [2.24, 2.45) is 11.1 Å². The summed E-state index contributed by atoms with van der Waals surface area (Å²) in [6.45, 7) is 3.72. The van der Waals surface area contributed by atoms with E-state index in [1.165, 1.54) is 36.4 Å². The molecule has 30 heavy (non-hydrogen) atoms. The second kappa shape index (κ2) is 9.88. The summed E-state index contributed by atoms with van der Waals surface area (Å²) < 4.78 is 50.1. The molecule has 0 aromatic heterocycles. The van der Waals surface area contributed by atoms with Crippen LogP contribution in [0.5, 0.6) is 0 Å². The summed E-state index contributed by atoms with van der Waals surface area (Å²) in [5, 5.41) is 8.18. The Kier molecular flexibility index (Phi) is 8.00.